The van der Waals surface area contributed by atoms with Crippen LogP contribution in [0.4, 0.5) is 21.9 Å². The summed E-state index contributed by atoms with van der Waals surface area (Å²) >= 11 is 0. The molecule has 3 rings (SSSR count). The zero-order valence-corrected chi connectivity index (χ0v) is 15.0. The van der Waals surface area contributed by atoms with Crippen molar-refractivity contribution in [1.82, 2.24) is 5.32 Å². The number of hydrogen-bond donors (Lipinski definition) is 4. The molecule has 0 bridgehead atoms. The Balaban J connectivity index is 1.55. The first kappa shape index (κ1) is 18.6. The largest absolute Gasteiger partial charge is 0.465 e. The number of nitrogens with zero attached hydrogens (tertiary/aromatic N) is 1. The second-order valence-corrected chi connectivity index (χ2v) is 6.71. The Kier molecular flexibility index (Phi) is 5.80. The number of anilines is 3. The number of rotatable bonds is 6. The van der Waals surface area contributed by atoms with Gasteiger partial charge >= 0.3 is 6.09 Å². The average Bonchev–Trinajstić information content (AvgIpc) is 3.12. The average molecular weight is 368 g/mol. The van der Waals surface area contributed by atoms with E-state index in [-0.39, 0.29) is 5.91 Å². The highest BCUT2D eigenvalue weighted by Gasteiger charge is 2.22. The van der Waals surface area contributed by atoms with Gasteiger partial charge in [0.15, 0.2) is 0 Å². The lowest BCUT2D eigenvalue weighted by atomic mass is 10.1. The van der Waals surface area contributed by atoms with E-state index in [4.69, 9.17) is 10.8 Å². The third-order valence-electron chi connectivity index (χ3n) is 4.82. The molecule has 2 aromatic rings. The second kappa shape index (κ2) is 8.44. The molecule has 2 aromatic carbocycles. The highest BCUT2D eigenvalue weighted by atomic mass is 16.4. The van der Waals surface area contributed by atoms with Crippen LogP contribution in [-0.2, 0) is 0 Å². The molecule has 1 heterocycles. The Labute approximate surface area is 158 Å². The van der Waals surface area contributed by atoms with E-state index in [2.05, 4.69) is 15.5 Å². The molecule has 0 aliphatic carbocycles. The normalized spacial score (nSPS) is 16.1. The predicted octanol–water partition coefficient (Wildman–Crippen LogP) is 3.01. The SMILES string of the molecule is Nc1ccccc1NC(=O)c1ccc(N2CC[C@H](CCNC(=O)O)C2)cc1. The number of hydrogen-bond acceptors (Lipinski definition) is 4. The van der Waals surface area contributed by atoms with Gasteiger partial charge in [-0.05, 0) is 55.2 Å². The van der Waals surface area contributed by atoms with Crippen molar-refractivity contribution in [3.63, 3.8) is 0 Å². The molecule has 1 aliphatic heterocycles. The van der Waals surface area contributed by atoms with E-state index in [0.29, 0.717) is 29.4 Å². The van der Waals surface area contributed by atoms with Crippen LogP contribution in [0.5, 0.6) is 0 Å². The molecule has 27 heavy (non-hydrogen) atoms. The van der Waals surface area contributed by atoms with Gasteiger partial charge in [0, 0.05) is 30.9 Å². The number of nitrogens with two attached hydrogens (primary N) is 1. The van der Waals surface area contributed by atoms with Gasteiger partial charge < -0.3 is 26.4 Å². The summed E-state index contributed by atoms with van der Waals surface area (Å²) in [5.41, 5.74) is 8.63. The van der Waals surface area contributed by atoms with Crippen LogP contribution in [0.15, 0.2) is 48.5 Å². The van der Waals surface area contributed by atoms with E-state index in [0.717, 1.165) is 31.6 Å². The van der Waals surface area contributed by atoms with Gasteiger partial charge in [0.05, 0.1) is 11.4 Å². The van der Waals surface area contributed by atoms with Gasteiger partial charge in [0.1, 0.15) is 0 Å². The quantitative estimate of drug-likeness (QED) is 0.586. The van der Waals surface area contributed by atoms with Crippen molar-refractivity contribution >= 4 is 29.1 Å². The Hall–Kier alpha value is -3.22. The van der Waals surface area contributed by atoms with E-state index >= 15 is 0 Å². The Bertz CT molecular complexity index is 807. The van der Waals surface area contributed by atoms with E-state index in [9.17, 15) is 9.59 Å². The third-order valence-corrected chi connectivity index (χ3v) is 4.82. The number of nitrogen functional groups attached to an aromatic ring is 1. The standard InChI is InChI=1S/C20H24N4O3/c21-17-3-1-2-4-18(17)23-19(25)15-5-7-16(8-6-15)24-12-10-14(13-24)9-11-22-20(26)27/h1-8,14,22H,9-13,21H2,(H,23,25)(H,26,27)/t14-/m0/s1. The third kappa shape index (κ3) is 4.91. The van der Waals surface area contributed by atoms with Crippen molar-refractivity contribution in [2.45, 2.75) is 12.8 Å². The highest BCUT2D eigenvalue weighted by Crippen LogP contribution is 2.26. The van der Waals surface area contributed by atoms with Gasteiger partial charge in [-0.1, -0.05) is 12.1 Å². The van der Waals surface area contributed by atoms with Crippen molar-refractivity contribution < 1.29 is 14.7 Å². The molecule has 7 heteroatoms. The predicted molar refractivity (Wildman–Crippen MR) is 106 cm³/mol. The zero-order valence-electron chi connectivity index (χ0n) is 15.0. The second-order valence-electron chi connectivity index (χ2n) is 6.71. The van der Waals surface area contributed by atoms with Gasteiger partial charge in [-0.15, -0.1) is 0 Å². The fourth-order valence-corrected chi connectivity index (χ4v) is 3.31. The number of carbonyl (C=O) groups is 2. The molecule has 0 spiro atoms. The summed E-state index contributed by atoms with van der Waals surface area (Å²) in [6, 6.07) is 14.7. The summed E-state index contributed by atoms with van der Waals surface area (Å²) in [6.07, 6.45) is 0.898. The highest BCUT2D eigenvalue weighted by molar-refractivity contribution is 6.05. The number of carboxylic acid groups (broad SMARTS) is 1. The van der Waals surface area contributed by atoms with E-state index < -0.39 is 6.09 Å². The maximum atomic E-state index is 12.4. The minimum atomic E-state index is -0.976. The van der Waals surface area contributed by atoms with E-state index in [1.54, 1.807) is 12.1 Å². The molecule has 1 aliphatic rings. The topological polar surface area (TPSA) is 108 Å². The smallest absolute Gasteiger partial charge is 0.404 e. The fraction of sp³-hybridized carbons (Fsp3) is 0.300. The van der Waals surface area contributed by atoms with Crippen molar-refractivity contribution in [2.24, 2.45) is 5.92 Å². The molecular formula is C20H24N4O3. The molecule has 1 saturated heterocycles. The van der Waals surface area contributed by atoms with Crippen LogP contribution in [0.25, 0.3) is 0 Å². The summed E-state index contributed by atoms with van der Waals surface area (Å²) < 4.78 is 0. The Morgan fingerprint density at radius 1 is 1.15 bits per heavy atom. The zero-order chi connectivity index (χ0) is 19.2. The van der Waals surface area contributed by atoms with Crippen molar-refractivity contribution in [1.29, 1.82) is 0 Å². The summed E-state index contributed by atoms with van der Waals surface area (Å²) in [7, 11) is 0. The lowest BCUT2D eigenvalue weighted by Crippen LogP contribution is -2.25. The molecule has 0 saturated carbocycles. The minimum absolute atomic E-state index is 0.196. The summed E-state index contributed by atoms with van der Waals surface area (Å²) in [5, 5.41) is 13.9. The van der Waals surface area contributed by atoms with Gasteiger partial charge in [-0.2, -0.15) is 0 Å². The van der Waals surface area contributed by atoms with Crippen LogP contribution < -0.4 is 21.3 Å². The van der Waals surface area contributed by atoms with E-state index in [1.165, 1.54) is 0 Å². The first-order valence-corrected chi connectivity index (χ1v) is 9.00. The van der Waals surface area contributed by atoms with Crippen LogP contribution >= 0.6 is 0 Å². The van der Waals surface area contributed by atoms with Gasteiger partial charge in [0.2, 0.25) is 0 Å². The lowest BCUT2D eigenvalue weighted by molar-refractivity contribution is 0.102. The number of amides is 2. The maximum Gasteiger partial charge on any atom is 0.404 e. The van der Waals surface area contributed by atoms with Crippen LogP contribution in [0, 0.1) is 5.92 Å². The molecule has 142 valence electrons. The van der Waals surface area contributed by atoms with Crippen LogP contribution in [0.1, 0.15) is 23.2 Å². The van der Waals surface area contributed by atoms with Crippen LogP contribution in [0.3, 0.4) is 0 Å². The molecule has 5 N–H and O–H groups in total. The van der Waals surface area contributed by atoms with E-state index in [1.807, 2.05) is 36.4 Å². The number of benzene rings is 2. The Morgan fingerprint density at radius 3 is 2.59 bits per heavy atom. The lowest BCUT2D eigenvalue weighted by Gasteiger charge is -2.19. The fourth-order valence-electron chi connectivity index (χ4n) is 3.31. The summed E-state index contributed by atoms with van der Waals surface area (Å²) in [5.74, 6) is 0.277. The van der Waals surface area contributed by atoms with Crippen molar-refractivity contribution in [2.75, 3.05) is 35.6 Å². The van der Waals surface area contributed by atoms with Crippen LogP contribution in [-0.4, -0.2) is 36.7 Å². The molecule has 1 atom stereocenters. The van der Waals surface area contributed by atoms with Crippen molar-refractivity contribution in [3.05, 3.63) is 54.1 Å². The number of nitrogens with one attached hydrogen (secondary N) is 2. The molecule has 7 nitrogen and oxygen atoms in total. The minimum Gasteiger partial charge on any atom is -0.465 e. The number of carbonyl (C=O) groups excluding carboxylic acids is 1. The molecule has 2 amide bonds. The number of para-hydroxylation sites is 2. The maximum absolute atomic E-state index is 12.4. The van der Waals surface area contributed by atoms with Gasteiger partial charge in [-0.25, -0.2) is 4.79 Å². The Morgan fingerprint density at radius 2 is 1.89 bits per heavy atom. The van der Waals surface area contributed by atoms with Gasteiger partial charge in [0.25, 0.3) is 5.91 Å². The summed E-state index contributed by atoms with van der Waals surface area (Å²) in [4.78, 5) is 25.2. The first-order chi connectivity index (χ1) is 13.0. The monoisotopic (exact) mass is 368 g/mol. The summed E-state index contributed by atoms with van der Waals surface area (Å²) in [6.45, 7) is 2.31. The molecular weight excluding hydrogens is 344 g/mol. The van der Waals surface area contributed by atoms with Gasteiger partial charge in [-0.3, -0.25) is 4.79 Å². The molecule has 0 radical (unpaired) electrons. The molecule has 0 unspecified atom stereocenters. The molecule has 0 aromatic heterocycles. The van der Waals surface area contributed by atoms with Crippen molar-refractivity contribution in [3.8, 4) is 0 Å². The first-order valence-electron chi connectivity index (χ1n) is 9.00. The van der Waals surface area contributed by atoms with Crippen LogP contribution in [0.2, 0.25) is 0 Å². The molecule has 1 fully saturated rings.